The Morgan fingerprint density at radius 3 is 2.48 bits per heavy atom. The van der Waals surface area contributed by atoms with Crippen LogP contribution in [0.1, 0.15) is 40.5 Å². The number of H-pyrrole nitrogens is 1. The second-order valence-corrected chi connectivity index (χ2v) is 10.1. The van der Waals surface area contributed by atoms with Gasteiger partial charge in [0.1, 0.15) is 11.9 Å². The van der Waals surface area contributed by atoms with Crippen LogP contribution in [0.5, 0.6) is 5.88 Å². The van der Waals surface area contributed by atoms with Gasteiger partial charge in [0.15, 0.2) is 0 Å². The van der Waals surface area contributed by atoms with Gasteiger partial charge in [-0.3, -0.25) is 9.78 Å². The van der Waals surface area contributed by atoms with Crippen LogP contribution in [0.3, 0.4) is 0 Å². The molecule has 1 aliphatic heterocycles. The highest BCUT2D eigenvalue weighted by Gasteiger charge is 2.38. The molecule has 172 valence electrons. The van der Waals surface area contributed by atoms with Crippen LogP contribution < -0.4 is 10.1 Å². The molecule has 0 amide bonds. The Balaban J connectivity index is 1.44. The second-order valence-electron chi connectivity index (χ2n) is 10.1. The maximum atomic E-state index is 15.2. The number of hydrogen-bond acceptors (Lipinski definition) is 6. The van der Waals surface area contributed by atoms with E-state index in [1.807, 2.05) is 0 Å². The molecule has 5 rings (SSSR count). The molecule has 1 fully saturated rings. The predicted octanol–water partition coefficient (Wildman–Crippen LogP) is 4.25. The molecule has 0 spiro atoms. The quantitative estimate of drug-likeness (QED) is 0.484. The van der Waals surface area contributed by atoms with Gasteiger partial charge < -0.3 is 10.1 Å². The molecule has 0 saturated carbocycles. The number of piperidine rings is 1. The molecule has 0 atom stereocenters. The van der Waals surface area contributed by atoms with Gasteiger partial charge in [-0.2, -0.15) is 10.2 Å². The molecule has 8 nitrogen and oxygen atoms in total. The van der Waals surface area contributed by atoms with Gasteiger partial charge in [-0.25, -0.2) is 4.39 Å². The number of nitrogens with zero attached hydrogens (tertiary/aromatic N) is 5. The van der Waals surface area contributed by atoms with E-state index in [1.165, 1.54) is 6.07 Å². The minimum atomic E-state index is -0.367. The number of fused-ring (bicyclic) bond motifs is 1. The van der Waals surface area contributed by atoms with Crippen molar-refractivity contribution in [3.05, 3.63) is 42.6 Å². The van der Waals surface area contributed by atoms with Crippen molar-refractivity contribution in [3.63, 3.8) is 0 Å². The number of ether oxygens (including phenoxy) is 1. The molecular formula is C24H28FN7O. The minimum Gasteiger partial charge on any atom is -0.473 e. The summed E-state index contributed by atoms with van der Waals surface area (Å²) in [5.41, 5.74) is 2.92. The average Bonchev–Trinajstić information content (AvgIpc) is 3.35. The van der Waals surface area contributed by atoms with Gasteiger partial charge >= 0.3 is 0 Å². The number of rotatable bonds is 4. The van der Waals surface area contributed by atoms with E-state index in [0.717, 1.165) is 12.8 Å². The zero-order valence-electron chi connectivity index (χ0n) is 19.5. The summed E-state index contributed by atoms with van der Waals surface area (Å²) in [6.45, 7) is 8.72. The molecule has 1 aliphatic rings. The summed E-state index contributed by atoms with van der Waals surface area (Å²) >= 11 is 0. The van der Waals surface area contributed by atoms with Crippen molar-refractivity contribution in [1.82, 2.24) is 35.5 Å². The Kier molecular flexibility index (Phi) is 4.97. The van der Waals surface area contributed by atoms with E-state index >= 15 is 4.39 Å². The highest BCUT2D eigenvalue weighted by Crippen LogP contribution is 2.36. The van der Waals surface area contributed by atoms with Crippen LogP contribution in [0.25, 0.3) is 33.3 Å². The van der Waals surface area contributed by atoms with Gasteiger partial charge in [0.05, 0.1) is 23.6 Å². The van der Waals surface area contributed by atoms with Crippen LogP contribution in [0.2, 0.25) is 0 Å². The van der Waals surface area contributed by atoms with E-state index in [1.54, 1.807) is 42.5 Å². The van der Waals surface area contributed by atoms with Gasteiger partial charge in [-0.1, -0.05) is 0 Å². The van der Waals surface area contributed by atoms with Crippen LogP contribution in [0, 0.1) is 5.82 Å². The van der Waals surface area contributed by atoms with Crippen molar-refractivity contribution in [1.29, 1.82) is 0 Å². The van der Waals surface area contributed by atoms with Crippen LogP contribution in [-0.4, -0.2) is 47.4 Å². The number of aromatic amines is 1. The fraction of sp³-hybridized carbons (Fsp3) is 0.417. The second kappa shape index (κ2) is 7.62. The molecule has 0 radical (unpaired) electrons. The van der Waals surface area contributed by atoms with Crippen molar-refractivity contribution in [2.45, 2.75) is 57.7 Å². The van der Waals surface area contributed by atoms with Gasteiger partial charge in [0.2, 0.25) is 5.88 Å². The molecule has 4 aromatic rings. The largest absolute Gasteiger partial charge is 0.473 e. The third-order valence-corrected chi connectivity index (χ3v) is 6.04. The van der Waals surface area contributed by atoms with Crippen LogP contribution in [0.15, 0.2) is 36.8 Å². The summed E-state index contributed by atoms with van der Waals surface area (Å²) < 4.78 is 23.0. The zero-order chi connectivity index (χ0) is 23.4. The van der Waals surface area contributed by atoms with Crippen LogP contribution >= 0.6 is 0 Å². The Labute approximate surface area is 191 Å². The standard InChI is InChI=1S/C24H28FN7O/c1-23(2)9-15(10-24(3,4)31-23)33-20-7-6-19(28-29-20)16-8-18(25)21(14-11-27-32(5)13-14)17-12-26-30-22(16)17/h6-8,11-13,15,31H,9-10H2,1-5H3,(H,26,30). The maximum absolute atomic E-state index is 15.2. The molecule has 33 heavy (non-hydrogen) atoms. The third kappa shape index (κ3) is 4.20. The lowest BCUT2D eigenvalue weighted by Crippen LogP contribution is -2.60. The van der Waals surface area contributed by atoms with Crippen molar-refractivity contribution in [2.24, 2.45) is 7.05 Å². The summed E-state index contributed by atoms with van der Waals surface area (Å²) in [5, 5.41) is 24.2. The fourth-order valence-electron chi connectivity index (χ4n) is 5.14. The molecule has 4 heterocycles. The summed E-state index contributed by atoms with van der Waals surface area (Å²) in [5.74, 6) is 0.0961. The first kappa shape index (κ1) is 21.5. The Morgan fingerprint density at radius 2 is 1.85 bits per heavy atom. The number of benzene rings is 1. The number of nitrogens with one attached hydrogen (secondary N) is 2. The number of aromatic nitrogens is 6. The first-order chi connectivity index (χ1) is 15.6. The van der Waals surface area contributed by atoms with E-state index < -0.39 is 0 Å². The third-order valence-electron chi connectivity index (χ3n) is 6.04. The smallest absolute Gasteiger partial charge is 0.233 e. The summed E-state index contributed by atoms with van der Waals surface area (Å²) in [7, 11) is 1.80. The highest BCUT2D eigenvalue weighted by atomic mass is 19.1. The van der Waals surface area contributed by atoms with Crippen molar-refractivity contribution in [3.8, 4) is 28.3 Å². The van der Waals surface area contributed by atoms with Crippen molar-refractivity contribution >= 4 is 10.9 Å². The molecule has 1 aromatic carbocycles. The first-order valence-corrected chi connectivity index (χ1v) is 11.0. The maximum Gasteiger partial charge on any atom is 0.233 e. The number of halogens is 1. The summed E-state index contributed by atoms with van der Waals surface area (Å²) in [4.78, 5) is 0. The molecular weight excluding hydrogens is 421 g/mol. The van der Waals surface area contributed by atoms with Gasteiger partial charge in [-0.05, 0) is 39.8 Å². The lowest BCUT2D eigenvalue weighted by Gasteiger charge is -2.46. The monoisotopic (exact) mass is 449 g/mol. The lowest BCUT2D eigenvalue weighted by molar-refractivity contribution is 0.0524. The molecule has 9 heteroatoms. The van der Waals surface area contributed by atoms with Crippen molar-refractivity contribution in [2.75, 3.05) is 0 Å². The SMILES string of the molecule is Cn1cc(-c2c(F)cc(-c3ccc(OC4CC(C)(C)NC(C)(C)C4)nn3)c3[nH]ncc23)cn1. The Hall–Kier alpha value is -3.33. The minimum absolute atomic E-state index is 0.0282. The highest BCUT2D eigenvalue weighted by molar-refractivity contribution is 6.02. The number of aryl methyl sites for hydroxylation is 1. The van der Waals surface area contributed by atoms with E-state index in [2.05, 4.69) is 58.5 Å². The van der Waals surface area contributed by atoms with Crippen LogP contribution in [-0.2, 0) is 7.05 Å². The Morgan fingerprint density at radius 1 is 1.09 bits per heavy atom. The Bertz CT molecular complexity index is 1290. The average molecular weight is 450 g/mol. The first-order valence-electron chi connectivity index (χ1n) is 11.0. The predicted molar refractivity (Wildman–Crippen MR) is 124 cm³/mol. The molecule has 3 aromatic heterocycles. The fourth-order valence-corrected chi connectivity index (χ4v) is 5.14. The zero-order valence-corrected chi connectivity index (χ0v) is 19.5. The van der Waals surface area contributed by atoms with E-state index in [4.69, 9.17) is 4.74 Å². The molecule has 0 unspecified atom stereocenters. The molecule has 0 bridgehead atoms. The molecule has 2 N–H and O–H groups in total. The number of hydrogen-bond donors (Lipinski definition) is 2. The topological polar surface area (TPSA) is 93.5 Å². The molecule has 1 saturated heterocycles. The summed E-state index contributed by atoms with van der Waals surface area (Å²) in [6.07, 6.45) is 6.81. The van der Waals surface area contributed by atoms with E-state index in [-0.39, 0.29) is 23.0 Å². The normalized spacial score (nSPS) is 18.0. The van der Waals surface area contributed by atoms with Gasteiger partial charge in [0, 0.05) is 65.3 Å². The lowest BCUT2D eigenvalue weighted by atomic mass is 9.81. The van der Waals surface area contributed by atoms with Crippen LogP contribution in [0.4, 0.5) is 4.39 Å². The van der Waals surface area contributed by atoms with Gasteiger partial charge in [0.25, 0.3) is 0 Å². The van der Waals surface area contributed by atoms with Crippen molar-refractivity contribution < 1.29 is 9.13 Å². The van der Waals surface area contributed by atoms with Gasteiger partial charge in [-0.15, -0.1) is 10.2 Å². The summed E-state index contributed by atoms with van der Waals surface area (Å²) in [6, 6.07) is 5.06. The van der Waals surface area contributed by atoms with E-state index in [0.29, 0.717) is 39.2 Å². The van der Waals surface area contributed by atoms with E-state index in [9.17, 15) is 0 Å². The molecule has 0 aliphatic carbocycles.